The van der Waals surface area contributed by atoms with Crippen molar-refractivity contribution in [2.75, 3.05) is 18.5 Å². The van der Waals surface area contributed by atoms with Crippen LogP contribution in [0, 0.1) is 0 Å². The van der Waals surface area contributed by atoms with Crippen molar-refractivity contribution in [2.45, 2.75) is 25.0 Å². The Balaban J connectivity index is 1.36. The third-order valence-electron chi connectivity index (χ3n) is 5.88. The molecule has 1 saturated heterocycles. The summed E-state index contributed by atoms with van der Waals surface area (Å²) in [6.45, 7) is 1.39. The summed E-state index contributed by atoms with van der Waals surface area (Å²) in [5.41, 5.74) is 3.41. The van der Waals surface area contributed by atoms with Gasteiger partial charge in [0.15, 0.2) is 5.78 Å². The summed E-state index contributed by atoms with van der Waals surface area (Å²) in [6.07, 6.45) is 4.13. The quantitative estimate of drug-likeness (QED) is 0.352. The topological polar surface area (TPSA) is 63.4 Å². The van der Waals surface area contributed by atoms with E-state index in [-0.39, 0.29) is 11.9 Å². The van der Waals surface area contributed by atoms with Crippen LogP contribution in [0.3, 0.4) is 0 Å². The predicted octanol–water partition coefficient (Wildman–Crippen LogP) is 5.76. The van der Waals surface area contributed by atoms with Crippen LogP contribution < -0.4 is 10.1 Å². The number of carbonyl (C=O) groups is 1. The van der Waals surface area contributed by atoms with E-state index in [9.17, 15) is 4.79 Å². The molecule has 0 radical (unpaired) electrons. The van der Waals surface area contributed by atoms with Gasteiger partial charge in [0, 0.05) is 35.0 Å². The number of carbonyl (C=O) groups excluding carboxylic acids is 1. The van der Waals surface area contributed by atoms with Crippen LogP contribution in [0.1, 0.15) is 34.8 Å². The zero-order valence-corrected chi connectivity index (χ0v) is 17.8. The average Bonchev–Trinajstić information content (AvgIpc) is 3.52. The molecule has 0 spiro atoms. The Morgan fingerprint density at radius 3 is 2.59 bits per heavy atom. The Bertz CT molecular complexity index is 1180. The molecule has 5 nitrogen and oxygen atoms in total. The molecule has 1 aromatic heterocycles. The lowest BCUT2D eigenvalue weighted by Gasteiger charge is -2.20. The predicted molar refractivity (Wildman–Crippen MR) is 126 cm³/mol. The molecule has 5 heteroatoms. The van der Waals surface area contributed by atoms with Gasteiger partial charge in [0.1, 0.15) is 18.4 Å². The number of fused-ring (bicyclic) bond motifs is 1. The summed E-state index contributed by atoms with van der Waals surface area (Å²) in [5.74, 6) is 0.817. The van der Waals surface area contributed by atoms with Gasteiger partial charge in [-0.3, -0.25) is 4.79 Å². The maximum absolute atomic E-state index is 13.6. The van der Waals surface area contributed by atoms with Crippen molar-refractivity contribution in [3.63, 3.8) is 0 Å². The number of nitrogens with one attached hydrogen (secondary N) is 2. The molecule has 0 saturated carbocycles. The first-order valence-electron chi connectivity index (χ1n) is 11.0. The first kappa shape index (κ1) is 20.3. The van der Waals surface area contributed by atoms with Gasteiger partial charge in [-0.05, 0) is 48.7 Å². The Morgan fingerprint density at radius 2 is 1.81 bits per heavy atom. The van der Waals surface area contributed by atoms with Crippen molar-refractivity contribution in [1.29, 1.82) is 0 Å². The molecule has 162 valence electrons. The van der Waals surface area contributed by atoms with Crippen LogP contribution in [0.4, 0.5) is 5.69 Å². The lowest BCUT2D eigenvalue weighted by molar-refractivity contribution is 0.0679. The van der Waals surface area contributed by atoms with Crippen molar-refractivity contribution in [3.05, 3.63) is 96.2 Å². The second-order valence-corrected chi connectivity index (χ2v) is 8.07. The minimum absolute atomic E-state index is 0.0207. The summed E-state index contributed by atoms with van der Waals surface area (Å²) < 4.78 is 11.5. The number of aromatic amines is 1. The monoisotopic (exact) mass is 426 g/mol. The summed E-state index contributed by atoms with van der Waals surface area (Å²) in [7, 11) is 0. The molecule has 2 atom stereocenters. The van der Waals surface area contributed by atoms with Crippen LogP contribution in [0.15, 0.2) is 85.1 Å². The second-order valence-electron chi connectivity index (χ2n) is 8.07. The number of ether oxygens (including phenoxy) is 2. The lowest BCUT2D eigenvalue weighted by Crippen LogP contribution is -2.21. The highest BCUT2D eigenvalue weighted by atomic mass is 16.5. The molecule has 0 bridgehead atoms. The largest absolute Gasteiger partial charge is 0.491 e. The molecular weight excluding hydrogens is 400 g/mol. The van der Waals surface area contributed by atoms with Crippen LogP contribution in [0.2, 0.25) is 0 Å². The number of Topliss-reactive ketones (excluding diaryl/α,β-unsaturated/α-hetero) is 1. The van der Waals surface area contributed by atoms with E-state index >= 15 is 0 Å². The number of H-pyrrole nitrogens is 1. The third kappa shape index (κ3) is 4.39. The van der Waals surface area contributed by atoms with Crippen molar-refractivity contribution < 1.29 is 14.3 Å². The van der Waals surface area contributed by atoms with Gasteiger partial charge in [-0.2, -0.15) is 0 Å². The van der Waals surface area contributed by atoms with Gasteiger partial charge in [-0.15, -0.1) is 0 Å². The third-order valence-corrected chi connectivity index (χ3v) is 5.88. The molecular formula is C27H26N2O3. The smallest absolute Gasteiger partial charge is 0.191 e. The van der Waals surface area contributed by atoms with Crippen LogP contribution in [-0.2, 0) is 4.74 Å². The fourth-order valence-electron chi connectivity index (χ4n) is 4.16. The van der Waals surface area contributed by atoms with Crippen molar-refractivity contribution in [2.24, 2.45) is 0 Å². The van der Waals surface area contributed by atoms with Gasteiger partial charge in [-0.1, -0.05) is 48.5 Å². The summed E-state index contributed by atoms with van der Waals surface area (Å²) >= 11 is 0. The first-order valence-corrected chi connectivity index (χ1v) is 11.0. The van der Waals surface area contributed by atoms with Crippen LogP contribution in [0.25, 0.3) is 10.9 Å². The Kier molecular flexibility index (Phi) is 5.90. The number of para-hydroxylation sites is 1. The fraction of sp³-hybridized carbons (Fsp3) is 0.222. The van der Waals surface area contributed by atoms with E-state index in [4.69, 9.17) is 9.47 Å². The molecule has 1 aliphatic heterocycles. The van der Waals surface area contributed by atoms with Crippen LogP contribution >= 0.6 is 0 Å². The van der Waals surface area contributed by atoms with E-state index in [0.29, 0.717) is 12.2 Å². The first-order chi connectivity index (χ1) is 15.8. The molecule has 0 aliphatic carbocycles. The highest BCUT2D eigenvalue weighted by molar-refractivity contribution is 6.11. The van der Waals surface area contributed by atoms with E-state index < -0.39 is 6.04 Å². The standard InChI is InChI=1S/C27H26N2O3/c30-27(24-17-28-25-11-5-4-10-23(24)25)26(19-7-2-1-3-8-19)29-20-12-14-21(15-13-20)32-18-22-9-6-16-31-22/h1-5,7-8,10-15,17,22,26,28-29H,6,9,16,18H2. The summed E-state index contributed by atoms with van der Waals surface area (Å²) in [5, 5.41) is 4.36. The summed E-state index contributed by atoms with van der Waals surface area (Å²) in [4.78, 5) is 16.8. The summed E-state index contributed by atoms with van der Waals surface area (Å²) in [6, 6.07) is 24.9. The van der Waals surface area contributed by atoms with Gasteiger partial charge >= 0.3 is 0 Å². The zero-order chi connectivity index (χ0) is 21.8. The number of hydrogen-bond acceptors (Lipinski definition) is 4. The highest BCUT2D eigenvalue weighted by Gasteiger charge is 2.24. The number of aromatic nitrogens is 1. The average molecular weight is 427 g/mol. The fourth-order valence-corrected chi connectivity index (χ4v) is 4.16. The maximum atomic E-state index is 13.6. The Morgan fingerprint density at radius 1 is 1.03 bits per heavy atom. The second kappa shape index (κ2) is 9.28. The molecule has 0 amide bonds. The van der Waals surface area contributed by atoms with Gasteiger partial charge in [0.25, 0.3) is 0 Å². The molecule has 2 N–H and O–H groups in total. The molecule has 3 aromatic carbocycles. The number of ketones is 1. The Hall–Kier alpha value is -3.57. The zero-order valence-electron chi connectivity index (χ0n) is 17.8. The van der Waals surface area contributed by atoms with E-state index in [0.717, 1.165) is 47.4 Å². The molecule has 4 aromatic rings. The lowest BCUT2D eigenvalue weighted by atomic mass is 9.96. The number of anilines is 1. The maximum Gasteiger partial charge on any atom is 0.191 e. The number of rotatable bonds is 8. The normalized spacial score (nSPS) is 16.7. The molecule has 2 heterocycles. The van der Waals surface area contributed by atoms with E-state index in [1.54, 1.807) is 6.20 Å². The van der Waals surface area contributed by atoms with Crippen molar-refractivity contribution in [1.82, 2.24) is 4.98 Å². The van der Waals surface area contributed by atoms with Gasteiger partial charge in [-0.25, -0.2) is 0 Å². The van der Waals surface area contributed by atoms with Crippen LogP contribution in [0.5, 0.6) is 5.75 Å². The Labute approximate surface area is 187 Å². The molecule has 1 aliphatic rings. The van der Waals surface area contributed by atoms with E-state index in [1.807, 2.05) is 78.9 Å². The molecule has 5 rings (SSSR count). The number of hydrogen-bond donors (Lipinski definition) is 2. The molecule has 1 fully saturated rings. The van der Waals surface area contributed by atoms with E-state index in [1.165, 1.54) is 0 Å². The van der Waals surface area contributed by atoms with Gasteiger partial charge in [0.05, 0.1) is 6.10 Å². The minimum Gasteiger partial charge on any atom is -0.491 e. The van der Waals surface area contributed by atoms with Crippen molar-refractivity contribution >= 4 is 22.4 Å². The number of benzene rings is 3. The minimum atomic E-state index is -0.505. The molecule has 2 unspecified atom stereocenters. The highest BCUT2D eigenvalue weighted by Crippen LogP contribution is 2.28. The molecule has 32 heavy (non-hydrogen) atoms. The van der Waals surface area contributed by atoms with Crippen molar-refractivity contribution in [3.8, 4) is 5.75 Å². The SMILES string of the molecule is O=C(c1c[nH]c2ccccc12)C(Nc1ccc(OCC2CCCO2)cc1)c1ccccc1. The van der Waals surface area contributed by atoms with Crippen LogP contribution in [-0.4, -0.2) is 30.1 Å². The van der Waals surface area contributed by atoms with Gasteiger partial charge < -0.3 is 19.8 Å². The van der Waals surface area contributed by atoms with Gasteiger partial charge in [0.2, 0.25) is 0 Å². The van der Waals surface area contributed by atoms with E-state index in [2.05, 4.69) is 10.3 Å².